The number of H-pyrrole nitrogens is 1. The molecule has 2 aromatic heterocycles. The van der Waals surface area contributed by atoms with Gasteiger partial charge in [0, 0.05) is 43.5 Å². The van der Waals surface area contributed by atoms with E-state index in [0.717, 1.165) is 16.0 Å². The summed E-state index contributed by atoms with van der Waals surface area (Å²) in [6.45, 7) is 2.21. The first-order valence-corrected chi connectivity index (χ1v) is 9.31. The van der Waals surface area contributed by atoms with Crippen molar-refractivity contribution in [2.45, 2.75) is 0 Å². The van der Waals surface area contributed by atoms with E-state index in [1.54, 1.807) is 12.4 Å². The van der Waals surface area contributed by atoms with Crippen LogP contribution in [-0.4, -0.2) is 58.0 Å². The molecule has 6 nitrogen and oxygen atoms in total. The molecule has 3 aromatic rings. The fraction of sp³-hybridized carbons (Fsp3) is 0.211. The number of hydrogen-bond acceptors (Lipinski definition) is 4. The van der Waals surface area contributed by atoms with Crippen LogP contribution < -0.4 is 0 Å². The van der Waals surface area contributed by atoms with E-state index in [9.17, 15) is 9.59 Å². The Morgan fingerprint density at radius 1 is 0.962 bits per heavy atom. The van der Waals surface area contributed by atoms with E-state index < -0.39 is 0 Å². The lowest BCUT2D eigenvalue weighted by Gasteiger charge is -2.34. The van der Waals surface area contributed by atoms with Crippen molar-refractivity contribution in [1.82, 2.24) is 20.0 Å². The van der Waals surface area contributed by atoms with Crippen LogP contribution in [0, 0.1) is 0 Å². The Morgan fingerprint density at radius 3 is 2.38 bits per heavy atom. The maximum absolute atomic E-state index is 12.8. The molecule has 2 amide bonds. The van der Waals surface area contributed by atoms with Crippen molar-refractivity contribution in [3.8, 4) is 11.1 Å². The van der Waals surface area contributed by atoms with Gasteiger partial charge in [-0.2, -0.15) is 5.10 Å². The fourth-order valence-electron chi connectivity index (χ4n) is 3.09. The zero-order valence-electron chi connectivity index (χ0n) is 14.1. The third-order valence-corrected chi connectivity index (χ3v) is 5.38. The van der Waals surface area contributed by atoms with E-state index in [-0.39, 0.29) is 11.8 Å². The Labute approximate surface area is 155 Å². The van der Waals surface area contributed by atoms with Crippen molar-refractivity contribution >= 4 is 23.2 Å². The van der Waals surface area contributed by atoms with Gasteiger partial charge >= 0.3 is 0 Å². The van der Waals surface area contributed by atoms with Gasteiger partial charge in [-0.15, -0.1) is 11.3 Å². The van der Waals surface area contributed by atoms with E-state index in [1.807, 2.05) is 51.6 Å². The SMILES string of the molecule is O=C(c1cccc(-c2cn[nH]c2)c1)N1CCN(C(=O)c2cccs2)CC1. The van der Waals surface area contributed by atoms with Gasteiger partial charge in [0.15, 0.2) is 0 Å². The summed E-state index contributed by atoms with van der Waals surface area (Å²) >= 11 is 1.45. The molecule has 3 heterocycles. The summed E-state index contributed by atoms with van der Waals surface area (Å²) in [6.07, 6.45) is 3.54. The van der Waals surface area contributed by atoms with Crippen LogP contribution >= 0.6 is 11.3 Å². The van der Waals surface area contributed by atoms with Gasteiger partial charge in [-0.25, -0.2) is 0 Å². The third-order valence-electron chi connectivity index (χ3n) is 4.53. The average Bonchev–Trinajstić information content (AvgIpc) is 3.41. The second-order valence-corrected chi connectivity index (χ2v) is 7.08. The first-order chi connectivity index (χ1) is 12.7. The van der Waals surface area contributed by atoms with Crippen LogP contribution in [0.5, 0.6) is 0 Å². The molecule has 4 rings (SSSR count). The first-order valence-electron chi connectivity index (χ1n) is 8.43. The highest BCUT2D eigenvalue weighted by atomic mass is 32.1. The normalized spacial score (nSPS) is 14.5. The van der Waals surface area contributed by atoms with Gasteiger partial charge in [-0.3, -0.25) is 14.7 Å². The number of amides is 2. The minimum Gasteiger partial charge on any atom is -0.335 e. The van der Waals surface area contributed by atoms with Crippen molar-refractivity contribution in [2.24, 2.45) is 0 Å². The predicted octanol–water partition coefficient (Wildman–Crippen LogP) is 2.74. The molecule has 0 bridgehead atoms. The van der Waals surface area contributed by atoms with Gasteiger partial charge in [0.2, 0.25) is 0 Å². The van der Waals surface area contributed by atoms with E-state index in [4.69, 9.17) is 0 Å². The molecule has 0 saturated carbocycles. The minimum atomic E-state index is -0.00133. The molecule has 1 fully saturated rings. The van der Waals surface area contributed by atoms with Crippen molar-refractivity contribution in [2.75, 3.05) is 26.2 Å². The lowest BCUT2D eigenvalue weighted by atomic mass is 10.1. The first kappa shape index (κ1) is 16.5. The van der Waals surface area contributed by atoms with Gasteiger partial charge < -0.3 is 9.80 Å². The summed E-state index contributed by atoms with van der Waals surface area (Å²) in [6, 6.07) is 11.3. The predicted molar refractivity (Wildman–Crippen MR) is 100 cm³/mol. The number of nitrogens with one attached hydrogen (secondary N) is 1. The van der Waals surface area contributed by atoms with E-state index in [2.05, 4.69) is 10.2 Å². The van der Waals surface area contributed by atoms with E-state index in [0.29, 0.717) is 31.7 Å². The quantitative estimate of drug-likeness (QED) is 0.775. The fourth-order valence-corrected chi connectivity index (χ4v) is 3.78. The lowest BCUT2D eigenvalue weighted by Crippen LogP contribution is -2.50. The Kier molecular flexibility index (Phi) is 4.53. The van der Waals surface area contributed by atoms with Gasteiger partial charge in [-0.05, 0) is 29.1 Å². The molecule has 0 spiro atoms. The zero-order chi connectivity index (χ0) is 17.9. The van der Waals surface area contributed by atoms with Crippen LogP contribution in [0.25, 0.3) is 11.1 Å². The second-order valence-electron chi connectivity index (χ2n) is 6.13. The molecule has 1 aliphatic heterocycles. The second kappa shape index (κ2) is 7.13. The molecule has 0 aliphatic carbocycles. The molecule has 1 saturated heterocycles. The molecule has 1 aromatic carbocycles. The Balaban J connectivity index is 1.42. The number of piperazine rings is 1. The number of benzene rings is 1. The maximum atomic E-state index is 12.8. The average molecular weight is 366 g/mol. The zero-order valence-corrected chi connectivity index (χ0v) is 14.9. The van der Waals surface area contributed by atoms with Crippen LogP contribution in [0.4, 0.5) is 0 Å². The highest BCUT2D eigenvalue weighted by Crippen LogP contribution is 2.20. The Morgan fingerprint density at radius 2 is 1.73 bits per heavy atom. The number of hydrogen-bond donors (Lipinski definition) is 1. The monoisotopic (exact) mass is 366 g/mol. The van der Waals surface area contributed by atoms with Crippen LogP contribution in [0.1, 0.15) is 20.0 Å². The molecule has 7 heteroatoms. The molecule has 26 heavy (non-hydrogen) atoms. The van der Waals surface area contributed by atoms with E-state index in [1.165, 1.54) is 11.3 Å². The van der Waals surface area contributed by atoms with Crippen molar-refractivity contribution in [3.05, 3.63) is 64.6 Å². The van der Waals surface area contributed by atoms with Crippen molar-refractivity contribution in [3.63, 3.8) is 0 Å². The Bertz CT molecular complexity index is 898. The van der Waals surface area contributed by atoms with Gasteiger partial charge in [0.25, 0.3) is 11.8 Å². The topological polar surface area (TPSA) is 69.3 Å². The van der Waals surface area contributed by atoms with Crippen LogP contribution in [-0.2, 0) is 0 Å². The van der Waals surface area contributed by atoms with Gasteiger partial charge in [0.1, 0.15) is 0 Å². The highest BCUT2D eigenvalue weighted by molar-refractivity contribution is 7.12. The molecule has 0 radical (unpaired) electrons. The van der Waals surface area contributed by atoms with E-state index >= 15 is 0 Å². The molecule has 0 atom stereocenters. The lowest BCUT2D eigenvalue weighted by molar-refractivity contribution is 0.0538. The number of aromatic amines is 1. The largest absolute Gasteiger partial charge is 0.335 e. The maximum Gasteiger partial charge on any atom is 0.264 e. The van der Waals surface area contributed by atoms with Gasteiger partial charge in [-0.1, -0.05) is 18.2 Å². The van der Waals surface area contributed by atoms with Crippen LogP contribution in [0.15, 0.2) is 54.2 Å². The number of carbonyl (C=O) groups is 2. The molecular formula is C19H18N4O2S. The number of aromatic nitrogens is 2. The third kappa shape index (κ3) is 3.25. The smallest absolute Gasteiger partial charge is 0.264 e. The van der Waals surface area contributed by atoms with Crippen LogP contribution in [0.2, 0.25) is 0 Å². The summed E-state index contributed by atoms with van der Waals surface area (Å²) < 4.78 is 0. The molecule has 132 valence electrons. The summed E-state index contributed by atoms with van der Waals surface area (Å²) in [5, 5.41) is 8.64. The summed E-state index contributed by atoms with van der Waals surface area (Å²) in [5.74, 6) is 0.0487. The summed E-state index contributed by atoms with van der Waals surface area (Å²) in [5.41, 5.74) is 2.56. The Hall–Kier alpha value is -2.93. The highest BCUT2D eigenvalue weighted by Gasteiger charge is 2.26. The molecule has 1 aliphatic rings. The standard InChI is InChI=1S/C19H18N4O2S/c24-18(15-4-1-3-14(11-15)16-12-20-21-13-16)22-6-8-23(9-7-22)19(25)17-5-2-10-26-17/h1-5,10-13H,6-9H2,(H,20,21). The summed E-state index contributed by atoms with van der Waals surface area (Å²) in [7, 11) is 0. The number of carbonyl (C=O) groups excluding carboxylic acids is 2. The number of rotatable bonds is 3. The molecular weight excluding hydrogens is 348 g/mol. The molecule has 1 N–H and O–H groups in total. The summed E-state index contributed by atoms with van der Waals surface area (Å²) in [4.78, 5) is 29.6. The van der Waals surface area contributed by atoms with Crippen molar-refractivity contribution < 1.29 is 9.59 Å². The van der Waals surface area contributed by atoms with Crippen LogP contribution in [0.3, 0.4) is 0 Å². The number of thiophene rings is 1. The van der Waals surface area contributed by atoms with Crippen molar-refractivity contribution in [1.29, 1.82) is 0 Å². The minimum absolute atomic E-state index is 0.00133. The van der Waals surface area contributed by atoms with Gasteiger partial charge in [0.05, 0.1) is 11.1 Å². The molecule has 0 unspecified atom stereocenters. The number of nitrogens with zero attached hydrogens (tertiary/aromatic N) is 3.